The third kappa shape index (κ3) is 3.56. The summed E-state index contributed by atoms with van der Waals surface area (Å²) in [4.78, 5) is 32.6. The number of hydrogen-bond donors (Lipinski definition) is 2. The summed E-state index contributed by atoms with van der Waals surface area (Å²) in [5.41, 5.74) is -0.0974. The second-order valence-electron chi connectivity index (χ2n) is 9.36. The Labute approximate surface area is 146 Å². The molecule has 0 radical (unpaired) electrons. The van der Waals surface area contributed by atoms with Gasteiger partial charge in [-0.1, -0.05) is 41.5 Å². The number of nitrogens with one attached hydrogen (secondary N) is 2. The highest BCUT2D eigenvalue weighted by Crippen LogP contribution is 2.47. The van der Waals surface area contributed by atoms with Crippen LogP contribution in [0, 0.1) is 16.7 Å². The van der Waals surface area contributed by atoms with E-state index in [9.17, 15) is 9.59 Å². The molecule has 0 bridgehead atoms. The highest BCUT2D eigenvalue weighted by atomic mass is 16.5. The second kappa shape index (κ2) is 5.83. The molecule has 0 aromatic carbocycles. The average molecular weight is 348 g/mol. The number of ether oxygens (including phenoxy) is 1. The molecule has 3 heterocycles. The van der Waals surface area contributed by atoms with Gasteiger partial charge in [0.25, 0.3) is 5.56 Å². The Hall–Kier alpha value is -1.89. The lowest BCUT2D eigenvalue weighted by Gasteiger charge is -2.33. The highest BCUT2D eigenvalue weighted by Gasteiger charge is 2.44. The molecule has 138 valence electrons. The predicted octanol–water partition coefficient (Wildman–Crippen LogP) is 2.80. The molecule has 2 aromatic heterocycles. The summed E-state index contributed by atoms with van der Waals surface area (Å²) >= 11 is 0. The van der Waals surface area contributed by atoms with Crippen LogP contribution in [0.5, 0.6) is 0 Å². The highest BCUT2D eigenvalue weighted by molar-refractivity contribution is 5.68. The molecule has 3 atom stereocenters. The van der Waals surface area contributed by atoms with Crippen molar-refractivity contribution in [1.29, 1.82) is 0 Å². The summed E-state index contributed by atoms with van der Waals surface area (Å²) in [6, 6.07) is 0. The van der Waals surface area contributed by atoms with Crippen LogP contribution >= 0.6 is 0 Å². The topological polar surface area (TPSA) is 92.8 Å². The normalized spacial score (nSPS) is 25.0. The molecule has 0 spiro atoms. The Morgan fingerprint density at radius 1 is 1.20 bits per heavy atom. The molecular formula is C18H28N4O3. The molecule has 1 fully saturated rings. The first-order valence-corrected chi connectivity index (χ1v) is 8.80. The SMILES string of the molecule is CC(C)(C)CC1O[C@@H](n2cnc3c(=O)[nH]c(=O)[nH]c32)C[C@H]1C(C)(C)C. The molecule has 7 heteroatoms. The third-order valence-electron chi connectivity index (χ3n) is 4.94. The molecule has 0 saturated carbocycles. The van der Waals surface area contributed by atoms with Gasteiger partial charge in [-0.2, -0.15) is 0 Å². The molecule has 2 N–H and O–H groups in total. The van der Waals surface area contributed by atoms with Crippen LogP contribution < -0.4 is 11.2 Å². The van der Waals surface area contributed by atoms with Crippen LogP contribution in [-0.4, -0.2) is 25.6 Å². The Balaban J connectivity index is 1.99. The van der Waals surface area contributed by atoms with Crippen molar-refractivity contribution in [3.05, 3.63) is 27.2 Å². The largest absolute Gasteiger partial charge is 0.354 e. The predicted molar refractivity (Wildman–Crippen MR) is 96.5 cm³/mol. The van der Waals surface area contributed by atoms with Crippen molar-refractivity contribution in [3.63, 3.8) is 0 Å². The minimum atomic E-state index is -0.532. The molecule has 2 aromatic rings. The maximum atomic E-state index is 11.9. The van der Waals surface area contributed by atoms with Gasteiger partial charge >= 0.3 is 5.69 Å². The summed E-state index contributed by atoms with van der Waals surface area (Å²) in [6.45, 7) is 13.3. The second-order valence-corrected chi connectivity index (χ2v) is 9.36. The smallest absolute Gasteiger partial charge is 0.327 e. The van der Waals surface area contributed by atoms with Crippen molar-refractivity contribution in [2.75, 3.05) is 0 Å². The number of aromatic nitrogens is 4. The van der Waals surface area contributed by atoms with Crippen molar-refractivity contribution >= 4 is 11.2 Å². The standard InChI is InChI=1S/C18H28N4O3/c1-17(2,3)8-11-10(18(4,5)6)7-12(25-11)22-9-19-13-14(22)20-16(24)21-15(13)23/h9-12H,7-8H2,1-6H3,(H2,20,21,23,24)/t10-,11?,12-/m1/s1. The summed E-state index contributed by atoms with van der Waals surface area (Å²) in [6.07, 6.45) is 3.24. The molecule has 1 saturated heterocycles. The zero-order valence-electron chi connectivity index (χ0n) is 15.8. The van der Waals surface area contributed by atoms with E-state index in [1.165, 1.54) is 0 Å². The van der Waals surface area contributed by atoms with Gasteiger partial charge in [0.15, 0.2) is 5.52 Å². The van der Waals surface area contributed by atoms with Gasteiger partial charge in [-0.25, -0.2) is 9.78 Å². The van der Waals surface area contributed by atoms with E-state index in [-0.39, 0.29) is 28.7 Å². The molecule has 1 aliphatic rings. The molecule has 3 rings (SSSR count). The van der Waals surface area contributed by atoms with Gasteiger partial charge in [-0.3, -0.25) is 19.3 Å². The van der Waals surface area contributed by atoms with Gasteiger partial charge in [-0.15, -0.1) is 0 Å². The lowest BCUT2D eigenvalue weighted by atomic mass is 9.73. The maximum absolute atomic E-state index is 11.9. The monoisotopic (exact) mass is 348 g/mol. The molecule has 1 unspecified atom stereocenters. The van der Waals surface area contributed by atoms with Crippen LogP contribution in [0.25, 0.3) is 11.2 Å². The van der Waals surface area contributed by atoms with E-state index in [0.29, 0.717) is 11.6 Å². The molecule has 25 heavy (non-hydrogen) atoms. The van der Waals surface area contributed by atoms with Gasteiger partial charge in [0.2, 0.25) is 0 Å². The first kappa shape index (κ1) is 17.9. The number of rotatable bonds is 2. The number of H-pyrrole nitrogens is 2. The molecule has 0 aliphatic carbocycles. The van der Waals surface area contributed by atoms with Gasteiger partial charge in [0.05, 0.1) is 12.4 Å². The van der Waals surface area contributed by atoms with Crippen LogP contribution in [0.1, 0.15) is 60.6 Å². The van der Waals surface area contributed by atoms with Crippen molar-refractivity contribution in [2.45, 2.75) is 66.7 Å². The number of fused-ring (bicyclic) bond motifs is 1. The Kier molecular flexibility index (Phi) is 4.18. The van der Waals surface area contributed by atoms with E-state index in [1.54, 1.807) is 10.9 Å². The van der Waals surface area contributed by atoms with E-state index in [4.69, 9.17) is 4.74 Å². The van der Waals surface area contributed by atoms with Crippen molar-refractivity contribution < 1.29 is 4.74 Å². The Morgan fingerprint density at radius 2 is 1.88 bits per heavy atom. The zero-order valence-corrected chi connectivity index (χ0v) is 15.8. The van der Waals surface area contributed by atoms with Gasteiger partial charge in [0, 0.05) is 0 Å². The number of hydrogen-bond acceptors (Lipinski definition) is 4. The summed E-state index contributed by atoms with van der Waals surface area (Å²) < 4.78 is 8.18. The van der Waals surface area contributed by atoms with E-state index in [2.05, 4.69) is 56.5 Å². The van der Waals surface area contributed by atoms with E-state index >= 15 is 0 Å². The lowest BCUT2D eigenvalue weighted by molar-refractivity contribution is -0.0309. The number of aromatic amines is 2. The van der Waals surface area contributed by atoms with Crippen LogP contribution in [-0.2, 0) is 4.74 Å². The summed E-state index contributed by atoms with van der Waals surface area (Å²) in [7, 11) is 0. The van der Waals surface area contributed by atoms with Gasteiger partial charge < -0.3 is 4.74 Å². The minimum Gasteiger partial charge on any atom is -0.354 e. The maximum Gasteiger partial charge on any atom is 0.327 e. The van der Waals surface area contributed by atoms with Crippen molar-refractivity contribution in [1.82, 2.24) is 19.5 Å². The van der Waals surface area contributed by atoms with E-state index in [0.717, 1.165) is 12.8 Å². The van der Waals surface area contributed by atoms with Crippen LogP contribution in [0.3, 0.4) is 0 Å². The Bertz CT molecular complexity index is 879. The molecular weight excluding hydrogens is 320 g/mol. The van der Waals surface area contributed by atoms with Crippen LogP contribution in [0.15, 0.2) is 15.9 Å². The van der Waals surface area contributed by atoms with Crippen molar-refractivity contribution in [2.24, 2.45) is 16.7 Å². The molecule has 0 amide bonds. The fourth-order valence-electron chi connectivity index (χ4n) is 3.78. The van der Waals surface area contributed by atoms with Gasteiger partial charge in [-0.05, 0) is 29.6 Å². The minimum absolute atomic E-state index is 0.103. The zero-order chi connectivity index (χ0) is 18.6. The Morgan fingerprint density at radius 3 is 2.48 bits per heavy atom. The van der Waals surface area contributed by atoms with E-state index in [1.807, 2.05) is 0 Å². The third-order valence-corrected chi connectivity index (χ3v) is 4.94. The van der Waals surface area contributed by atoms with E-state index < -0.39 is 11.2 Å². The molecule has 7 nitrogen and oxygen atoms in total. The molecule has 1 aliphatic heterocycles. The average Bonchev–Trinajstić information content (AvgIpc) is 2.99. The van der Waals surface area contributed by atoms with Crippen LogP contribution in [0.2, 0.25) is 0 Å². The van der Waals surface area contributed by atoms with Crippen molar-refractivity contribution in [3.8, 4) is 0 Å². The fourth-order valence-corrected chi connectivity index (χ4v) is 3.78. The van der Waals surface area contributed by atoms with Crippen LogP contribution in [0.4, 0.5) is 0 Å². The lowest BCUT2D eigenvalue weighted by Crippen LogP contribution is -2.31. The summed E-state index contributed by atoms with van der Waals surface area (Å²) in [5.74, 6) is 0.378. The fraction of sp³-hybridized carbons (Fsp3) is 0.722. The van der Waals surface area contributed by atoms with Gasteiger partial charge in [0.1, 0.15) is 11.9 Å². The number of nitrogens with zero attached hydrogens (tertiary/aromatic N) is 2. The first-order chi connectivity index (χ1) is 11.5. The summed E-state index contributed by atoms with van der Waals surface area (Å²) in [5, 5.41) is 0. The first-order valence-electron chi connectivity index (χ1n) is 8.80. The number of imidazole rings is 1. The quantitative estimate of drug-likeness (QED) is 0.873.